The smallest absolute Gasteiger partial charge is 0.191 e. The summed E-state index contributed by atoms with van der Waals surface area (Å²) >= 11 is 0. The number of ether oxygens (including phenoxy) is 1. The highest BCUT2D eigenvalue weighted by molar-refractivity contribution is 14.0. The predicted octanol–water partition coefficient (Wildman–Crippen LogP) is 3.65. The summed E-state index contributed by atoms with van der Waals surface area (Å²) in [5.41, 5.74) is 2.41. The first kappa shape index (κ1) is 22.9. The van der Waals surface area contributed by atoms with Crippen molar-refractivity contribution in [1.29, 1.82) is 0 Å². The Morgan fingerprint density at radius 1 is 1.29 bits per heavy atom. The fourth-order valence-electron chi connectivity index (χ4n) is 3.94. The fraction of sp³-hybridized carbons (Fsp3) is 0.619. The van der Waals surface area contributed by atoms with Gasteiger partial charge in [-0.2, -0.15) is 0 Å². The molecular formula is C21H34IN5O. The Kier molecular flexibility index (Phi) is 9.50. The lowest BCUT2D eigenvalue weighted by atomic mass is 9.83. The first-order valence-electron chi connectivity index (χ1n) is 10.2. The summed E-state index contributed by atoms with van der Waals surface area (Å²) in [7, 11) is 1.79. The molecule has 7 heteroatoms. The van der Waals surface area contributed by atoms with Gasteiger partial charge in [-0.05, 0) is 43.7 Å². The molecule has 0 radical (unpaired) electrons. The predicted molar refractivity (Wildman–Crippen MR) is 126 cm³/mol. The third kappa shape index (κ3) is 6.34. The Morgan fingerprint density at radius 3 is 2.82 bits per heavy atom. The SMILES string of the molecule is CCNC(=NCC1(CCOC)CCCC1)NCCc1cn2ccccc2n1.I. The van der Waals surface area contributed by atoms with Gasteiger partial charge in [-0.1, -0.05) is 18.9 Å². The summed E-state index contributed by atoms with van der Waals surface area (Å²) in [6, 6.07) is 6.07. The minimum Gasteiger partial charge on any atom is -0.385 e. The second-order valence-electron chi connectivity index (χ2n) is 7.52. The number of nitrogens with one attached hydrogen (secondary N) is 2. The van der Waals surface area contributed by atoms with Crippen LogP contribution < -0.4 is 10.6 Å². The van der Waals surface area contributed by atoms with Gasteiger partial charge in [-0.25, -0.2) is 4.98 Å². The van der Waals surface area contributed by atoms with E-state index in [4.69, 9.17) is 9.73 Å². The van der Waals surface area contributed by atoms with Gasteiger partial charge in [0.25, 0.3) is 0 Å². The van der Waals surface area contributed by atoms with Crippen LogP contribution in [-0.2, 0) is 11.2 Å². The standard InChI is InChI=1S/C21H33N5O.HI/c1-3-22-20(24-17-21(12-15-27-2)10-5-6-11-21)23-13-9-18-16-26-14-7-4-8-19(26)25-18;/h4,7-8,14,16H,3,5-6,9-13,15,17H2,1-2H3,(H2,22,23,24);1H. The van der Waals surface area contributed by atoms with Gasteiger partial charge in [-0.3, -0.25) is 4.99 Å². The summed E-state index contributed by atoms with van der Waals surface area (Å²) in [5, 5.41) is 6.84. The maximum absolute atomic E-state index is 5.33. The van der Waals surface area contributed by atoms with Crippen molar-refractivity contribution in [3.05, 3.63) is 36.3 Å². The quantitative estimate of drug-likeness (QED) is 0.314. The molecule has 1 aliphatic rings. The van der Waals surface area contributed by atoms with E-state index in [9.17, 15) is 0 Å². The van der Waals surface area contributed by atoms with Crippen LogP contribution >= 0.6 is 24.0 Å². The lowest BCUT2D eigenvalue weighted by Gasteiger charge is -2.27. The fourth-order valence-corrected chi connectivity index (χ4v) is 3.94. The number of rotatable bonds is 9. The van der Waals surface area contributed by atoms with Gasteiger partial charge >= 0.3 is 0 Å². The Bertz CT molecular complexity index is 706. The number of aromatic nitrogens is 2. The number of halogens is 1. The lowest BCUT2D eigenvalue weighted by molar-refractivity contribution is 0.141. The molecule has 1 saturated carbocycles. The van der Waals surface area contributed by atoms with Crippen LogP contribution in [0.2, 0.25) is 0 Å². The number of hydrogen-bond acceptors (Lipinski definition) is 3. The molecule has 0 aliphatic heterocycles. The molecule has 28 heavy (non-hydrogen) atoms. The number of guanidine groups is 1. The zero-order chi connectivity index (χ0) is 19.0. The van der Waals surface area contributed by atoms with Crippen molar-refractivity contribution in [3.8, 4) is 0 Å². The van der Waals surface area contributed by atoms with E-state index in [1.165, 1.54) is 25.7 Å². The van der Waals surface area contributed by atoms with Crippen molar-refractivity contribution in [2.45, 2.75) is 45.4 Å². The Balaban J connectivity index is 0.00000280. The average Bonchev–Trinajstić information content (AvgIpc) is 3.31. The number of nitrogens with zero attached hydrogens (tertiary/aromatic N) is 3. The summed E-state index contributed by atoms with van der Waals surface area (Å²) in [6.07, 6.45) is 11.3. The van der Waals surface area contributed by atoms with Gasteiger partial charge in [0.15, 0.2) is 5.96 Å². The van der Waals surface area contributed by atoms with E-state index >= 15 is 0 Å². The second kappa shape index (κ2) is 11.6. The van der Waals surface area contributed by atoms with E-state index < -0.39 is 0 Å². The summed E-state index contributed by atoms with van der Waals surface area (Å²) in [5.74, 6) is 0.907. The van der Waals surface area contributed by atoms with E-state index in [0.29, 0.717) is 5.41 Å². The number of aliphatic imine (C=N–C) groups is 1. The normalized spacial score (nSPS) is 16.1. The molecule has 2 N–H and O–H groups in total. The van der Waals surface area contributed by atoms with Crippen LogP contribution in [0.4, 0.5) is 0 Å². The first-order valence-corrected chi connectivity index (χ1v) is 10.2. The van der Waals surface area contributed by atoms with Crippen LogP contribution in [0.3, 0.4) is 0 Å². The second-order valence-corrected chi connectivity index (χ2v) is 7.52. The van der Waals surface area contributed by atoms with Crippen molar-refractivity contribution in [1.82, 2.24) is 20.0 Å². The van der Waals surface area contributed by atoms with Crippen molar-refractivity contribution in [3.63, 3.8) is 0 Å². The molecule has 1 aliphatic carbocycles. The molecule has 0 bridgehead atoms. The van der Waals surface area contributed by atoms with Gasteiger partial charge in [0, 0.05) is 52.2 Å². The molecule has 0 amide bonds. The summed E-state index contributed by atoms with van der Waals surface area (Å²) in [6.45, 7) is 5.50. The molecule has 0 saturated heterocycles. The van der Waals surface area contributed by atoms with Gasteiger partial charge in [0.1, 0.15) is 5.65 Å². The van der Waals surface area contributed by atoms with Crippen LogP contribution in [0.25, 0.3) is 5.65 Å². The van der Waals surface area contributed by atoms with E-state index in [1.54, 1.807) is 7.11 Å². The van der Waals surface area contributed by atoms with Crippen molar-refractivity contribution in [2.75, 3.05) is 33.4 Å². The number of methoxy groups -OCH3 is 1. The molecule has 0 spiro atoms. The highest BCUT2D eigenvalue weighted by Crippen LogP contribution is 2.41. The van der Waals surface area contributed by atoms with Crippen molar-refractivity contribution >= 4 is 35.6 Å². The molecule has 2 aromatic heterocycles. The molecule has 156 valence electrons. The zero-order valence-electron chi connectivity index (χ0n) is 17.1. The molecule has 1 fully saturated rings. The number of pyridine rings is 1. The lowest BCUT2D eigenvalue weighted by Crippen LogP contribution is -2.39. The van der Waals surface area contributed by atoms with Crippen molar-refractivity contribution < 1.29 is 4.74 Å². The number of fused-ring (bicyclic) bond motifs is 1. The topological polar surface area (TPSA) is 63.0 Å². The minimum absolute atomic E-state index is 0. The third-order valence-electron chi connectivity index (χ3n) is 5.50. The molecule has 2 heterocycles. The molecule has 2 aromatic rings. The Hall–Kier alpha value is -1.35. The van der Waals surface area contributed by atoms with E-state index in [0.717, 1.165) is 56.4 Å². The first-order chi connectivity index (χ1) is 13.2. The largest absolute Gasteiger partial charge is 0.385 e. The summed E-state index contributed by atoms with van der Waals surface area (Å²) in [4.78, 5) is 9.57. The Labute approximate surface area is 185 Å². The maximum atomic E-state index is 5.33. The van der Waals surface area contributed by atoms with E-state index in [-0.39, 0.29) is 24.0 Å². The van der Waals surface area contributed by atoms with Gasteiger partial charge in [-0.15, -0.1) is 24.0 Å². The molecule has 3 rings (SSSR count). The van der Waals surface area contributed by atoms with E-state index in [2.05, 4.69) is 33.1 Å². The minimum atomic E-state index is 0. The van der Waals surface area contributed by atoms with Crippen LogP contribution in [0.1, 0.15) is 44.7 Å². The maximum Gasteiger partial charge on any atom is 0.191 e. The highest BCUT2D eigenvalue weighted by Gasteiger charge is 2.33. The van der Waals surface area contributed by atoms with Gasteiger partial charge in [0.2, 0.25) is 0 Å². The third-order valence-corrected chi connectivity index (χ3v) is 5.50. The van der Waals surface area contributed by atoms with Crippen LogP contribution in [0.5, 0.6) is 0 Å². The Morgan fingerprint density at radius 2 is 2.11 bits per heavy atom. The van der Waals surface area contributed by atoms with E-state index in [1.807, 2.05) is 24.4 Å². The molecule has 0 unspecified atom stereocenters. The van der Waals surface area contributed by atoms with Crippen molar-refractivity contribution in [2.24, 2.45) is 10.4 Å². The van der Waals surface area contributed by atoms with Crippen LogP contribution in [-0.4, -0.2) is 48.7 Å². The number of hydrogen-bond donors (Lipinski definition) is 2. The average molecular weight is 499 g/mol. The molecular weight excluding hydrogens is 465 g/mol. The van der Waals surface area contributed by atoms with Crippen LogP contribution in [0, 0.1) is 5.41 Å². The monoisotopic (exact) mass is 499 g/mol. The summed E-state index contributed by atoms with van der Waals surface area (Å²) < 4.78 is 7.40. The number of imidazole rings is 1. The van der Waals surface area contributed by atoms with Gasteiger partial charge < -0.3 is 19.8 Å². The highest BCUT2D eigenvalue weighted by atomic mass is 127. The molecule has 0 atom stereocenters. The zero-order valence-corrected chi connectivity index (χ0v) is 19.4. The van der Waals surface area contributed by atoms with Gasteiger partial charge in [0.05, 0.1) is 5.69 Å². The molecule has 6 nitrogen and oxygen atoms in total. The van der Waals surface area contributed by atoms with Crippen LogP contribution in [0.15, 0.2) is 35.6 Å². The molecule has 0 aromatic carbocycles.